The van der Waals surface area contributed by atoms with E-state index in [2.05, 4.69) is 17.9 Å². The monoisotopic (exact) mass is 235 g/mol. The van der Waals surface area contributed by atoms with Gasteiger partial charge in [-0.25, -0.2) is 0 Å². The van der Waals surface area contributed by atoms with Crippen LogP contribution in [0.1, 0.15) is 31.4 Å². The summed E-state index contributed by atoms with van der Waals surface area (Å²) in [5, 5.41) is 0. The largest absolute Gasteiger partial charge is 0.497 e. The second-order valence-corrected chi connectivity index (χ2v) is 4.39. The Morgan fingerprint density at radius 3 is 2.76 bits per heavy atom. The summed E-state index contributed by atoms with van der Waals surface area (Å²) in [6.07, 6.45) is 2.47. The first kappa shape index (κ1) is 12.2. The molecule has 0 amide bonds. The number of methoxy groups -OCH3 is 2. The van der Waals surface area contributed by atoms with E-state index in [4.69, 9.17) is 9.47 Å². The van der Waals surface area contributed by atoms with Crippen LogP contribution in [-0.2, 0) is 0 Å². The van der Waals surface area contributed by atoms with Crippen LogP contribution < -0.4 is 9.47 Å². The van der Waals surface area contributed by atoms with Crippen LogP contribution in [0.5, 0.6) is 11.5 Å². The molecule has 0 aliphatic carbocycles. The Labute approximate surface area is 103 Å². The van der Waals surface area contributed by atoms with E-state index in [0.717, 1.165) is 18.0 Å². The molecule has 1 aliphatic rings. The fourth-order valence-electron chi connectivity index (χ4n) is 2.66. The molecule has 94 valence electrons. The minimum Gasteiger partial charge on any atom is -0.497 e. The van der Waals surface area contributed by atoms with Crippen molar-refractivity contribution in [1.29, 1.82) is 0 Å². The molecule has 3 nitrogen and oxygen atoms in total. The van der Waals surface area contributed by atoms with Crippen molar-refractivity contribution in [3.63, 3.8) is 0 Å². The molecular weight excluding hydrogens is 214 g/mol. The maximum atomic E-state index is 5.47. The van der Waals surface area contributed by atoms with Gasteiger partial charge in [-0.2, -0.15) is 0 Å². The summed E-state index contributed by atoms with van der Waals surface area (Å²) < 4.78 is 10.8. The normalized spacial score (nSPS) is 20.5. The maximum Gasteiger partial charge on any atom is 0.123 e. The zero-order valence-electron chi connectivity index (χ0n) is 10.9. The predicted molar refractivity (Wildman–Crippen MR) is 68.8 cm³/mol. The van der Waals surface area contributed by atoms with Gasteiger partial charge >= 0.3 is 0 Å². The van der Waals surface area contributed by atoms with Crippen molar-refractivity contribution in [3.05, 3.63) is 23.8 Å². The van der Waals surface area contributed by atoms with E-state index in [1.807, 2.05) is 12.1 Å². The molecule has 1 atom stereocenters. The predicted octanol–water partition coefficient (Wildman–Crippen LogP) is 2.86. The Kier molecular flexibility index (Phi) is 3.89. The minimum absolute atomic E-state index is 0.477. The number of likely N-dealkylation sites (tertiary alicyclic amines) is 1. The average molecular weight is 235 g/mol. The van der Waals surface area contributed by atoms with Crippen molar-refractivity contribution < 1.29 is 9.47 Å². The molecule has 0 aromatic heterocycles. The van der Waals surface area contributed by atoms with Gasteiger partial charge in [-0.05, 0) is 44.1 Å². The van der Waals surface area contributed by atoms with Gasteiger partial charge in [-0.1, -0.05) is 6.92 Å². The lowest BCUT2D eigenvalue weighted by Crippen LogP contribution is -2.23. The summed E-state index contributed by atoms with van der Waals surface area (Å²) in [6, 6.07) is 6.54. The quantitative estimate of drug-likeness (QED) is 0.801. The van der Waals surface area contributed by atoms with E-state index in [9.17, 15) is 0 Å². The molecule has 0 spiro atoms. The second-order valence-electron chi connectivity index (χ2n) is 4.39. The summed E-state index contributed by atoms with van der Waals surface area (Å²) in [4.78, 5) is 2.50. The van der Waals surface area contributed by atoms with Crippen molar-refractivity contribution >= 4 is 0 Å². The van der Waals surface area contributed by atoms with Crippen LogP contribution in [0.15, 0.2) is 18.2 Å². The number of hydrogen-bond acceptors (Lipinski definition) is 3. The number of ether oxygens (including phenoxy) is 2. The Hall–Kier alpha value is -1.22. The van der Waals surface area contributed by atoms with Gasteiger partial charge in [0, 0.05) is 11.6 Å². The average Bonchev–Trinajstić information content (AvgIpc) is 2.86. The molecular formula is C14H21NO2. The van der Waals surface area contributed by atoms with Gasteiger partial charge in [-0.15, -0.1) is 0 Å². The summed E-state index contributed by atoms with van der Waals surface area (Å²) in [7, 11) is 3.44. The highest BCUT2D eigenvalue weighted by Crippen LogP contribution is 2.38. The maximum absolute atomic E-state index is 5.47. The van der Waals surface area contributed by atoms with E-state index in [1.165, 1.54) is 24.9 Å². The Morgan fingerprint density at radius 1 is 1.29 bits per heavy atom. The van der Waals surface area contributed by atoms with Gasteiger partial charge < -0.3 is 9.47 Å². The van der Waals surface area contributed by atoms with Crippen LogP contribution in [-0.4, -0.2) is 32.2 Å². The smallest absolute Gasteiger partial charge is 0.123 e. The SMILES string of the molecule is CCN1CCCC1c1cc(OC)ccc1OC. The number of hydrogen-bond donors (Lipinski definition) is 0. The lowest BCUT2D eigenvalue weighted by molar-refractivity contribution is 0.264. The summed E-state index contributed by atoms with van der Waals surface area (Å²) in [5.74, 6) is 1.87. The zero-order valence-corrected chi connectivity index (χ0v) is 10.9. The first-order valence-electron chi connectivity index (χ1n) is 6.26. The van der Waals surface area contributed by atoms with Crippen molar-refractivity contribution in [1.82, 2.24) is 4.90 Å². The van der Waals surface area contributed by atoms with Crippen molar-refractivity contribution in [3.8, 4) is 11.5 Å². The van der Waals surface area contributed by atoms with Gasteiger partial charge in [0.05, 0.1) is 14.2 Å². The molecule has 1 heterocycles. The van der Waals surface area contributed by atoms with Crippen molar-refractivity contribution in [2.45, 2.75) is 25.8 Å². The highest BCUT2D eigenvalue weighted by Gasteiger charge is 2.27. The van der Waals surface area contributed by atoms with Crippen LogP contribution in [0.3, 0.4) is 0 Å². The van der Waals surface area contributed by atoms with Crippen molar-refractivity contribution in [2.75, 3.05) is 27.3 Å². The summed E-state index contributed by atoms with van der Waals surface area (Å²) >= 11 is 0. The van der Waals surface area contributed by atoms with E-state index < -0.39 is 0 Å². The van der Waals surface area contributed by atoms with E-state index in [1.54, 1.807) is 14.2 Å². The third-order valence-electron chi connectivity index (χ3n) is 3.57. The van der Waals surface area contributed by atoms with Crippen LogP contribution in [0, 0.1) is 0 Å². The summed E-state index contributed by atoms with van der Waals surface area (Å²) in [6.45, 7) is 4.48. The lowest BCUT2D eigenvalue weighted by Gasteiger charge is -2.25. The van der Waals surface area contributed by atoms with Crippen LogP contribution in [0.4, 0.5) is 0 Å². The third-order valence-corrected chi connectivity index (χ3v) is 3.57. The molecule has 2 rings (SSSR count). The van der Waals surface area contributed by atoms with Gasteiger partial charge in [0.1, 0.15) is 11.5 Å². The van der Waals surface area contributed by atoms with Gasteiger partial charge in [0.2, 0.25) is 0 Å². The molecule has 1 saturated heterocycles. The standard InChI is InChI=1S/C14H21NO2/c1-4-15-9-5-6-13(15)12-10-11(16-2)7-8-14(12)17-3/h7-8,10,13H,4-6,9H2,1-3H3. The lowest BCUT2D eigenvalue weighted by atomic mass is 10.0. The minimum atomic E-state index is 0.477. The van der Waals surface area contributed by atoms with E-state index >= 15 is 0 Å². The zero-order chi connectivity index (χ0) is 12.3. The number of rotatable bonds is 4. The highest BCUT2D eigenvalue weighted by molar-refractivity contribution is 5.42. The fraction of sp³-hybridized carbons (Fsp3) is 0.571. The van der Waals surface area contributed by atoms with Crippen molar-refractivity contribution in [2.24, 2.45) is 0 Å². The molecule has 1 aliphatic heterocycles. The number of nitrogens with zero attached hydrogens (tertiary/aromatic N) is 1. The van der Waals surface area contributed by atoms with Gasteiger partial charge in [0.25, 0.3) is 0 Å². The second kappa shape index (κ2) is 5.41. The van der Waals surface area contributed by atoms with Crippen LogP contribution in [0.25, 0.3) is 0 Å². The molecule has 0 saturated carbocycles. The molecule has 3 heteroatoms. The Bertz CT molecular complexity index is 378. The first-order valence-corrected chi connectivity index (χ1v) is 6.26. The number of benzene rings is 1. The Balaban J connectivity index is 2.34. The molecule has 0 radical (unpaired) electrons. The molecule has 0 bridgehead atoms. The highest BCUT2D eigenvalue weighted by atomic mass is 16.5. The molecule has 1 aromatic rings. The van der Waals surface area contributed by atoms with Gasteiger partial charge in [0.15, 0.2) is 0 Å². The fourth-order valence-corrected chi connectivity index (χ4v) is 2.66. The molecule has 1 fully saturated rings. The van der Waals surface area contributed by atoms with Crippen LogP contribution in [0.2, 0.25) is 0 Å². The molecule has 0 N–H and O–H groups in total. The van der Waals surface area contributed by atoms with Crippen LogP contribution >= 0.6 is 0 Å². The first-order chi connectivity index (χ1) is 8.30. The van der Waals surface area contributed by atoms with Gasteiger partial charge in [-0.3, -0.25) is 4.90 Å². The van der Waals surface area contributed by atoms with E-state index in [0.29, 0.717) is 6.04 Å². The Morgan fingerprint density at radius 2 is 2.12 bits per heavy atom. The summed E-state index contributed by atoms with van der Waals surface area (Å²) in [5.41, 5.74) is 1.26. The van der Waals surface area contributed by atoms with E-state index in [-0.39, 0.29) is 0 Å². The molecule has 1 unspecified atom stereocenters. The third kappa shape index (κ3) is 2.39. The topological polar surface area (TPSA) is 21.7 Å². The molecule has 1 aromatic carbocycles. The molecule has 17 heavy (non-hydrogen) atoms.